The number of piperidine rings is 1. The predicted octanol–water partition coefficient (Wildman–Crippen LogP) is 3.08. The number of amides is 3. The third-order valence-electron chi connectivity index (χ3n) is 6.49. The highest BCUT2D eigenvalue weighted by molar-refractivity contribution is 6.31. The van der Waals surface area contributed by atoms with Crippen LogP contribution in [0.4, 0.5) is 10.1 Å². The van der Waals surface area contributed by atoms with Gasteiger partial charge in [-0.3, -0.25) is 14.4 Å². The minimum absolute atomic E-state index is 0.00928. The first-order chi connectivity index (χ1) is 19.7. The van der Waals surface area contributed by atoms with E-state index in [1.54, 1.807) is 4.90 Å². The van der Waals surface area contributed by atoms with Gasteiger partial charge >= 0.3 is 5.97 Å². The lowest BCUT2D eigenvalue weighted by Gasteiger charge is -2.27. The number of rotatable bonds is 10. The van der Waals surface area contributed by atoms with Crippen LogP contribution in [0.25, 0.3) is 11.8 Å². The Morgan fingerprint density at radius 3 is 2.46 bits per heavy atom. The fourth-order valence-corrected chi connectivity index (χ4v) is 4.49. The maximum Gasteiger partial charge on any atom is 0.335 e. The number of nitrogens with one attached hydrogen (secondary N) is 2. The molecule has 2 aromatic carbocycles. The number of carbonyl (C=O) groups excluding carboxylic acids is 3. The van der Waals surface area contributed by atoms with Gasteiger partial charge in [0, 0.05) is 36.8 Å². The van der Waals surface area contributed by atoms with Crippen molar-refractivity contribution in [1.82, 2.24) is 30.4 Å². The van der Waals surface area contributed by atoms with Gasteiger partial charge in [-0.25, -0.2) is 9.18 Å². The highest BCUT2D eigenvalue weighted by atomic mass is 35.5. The van der Waals surface area contributed by atoms with Crippen molar-refractivity contribution < 1.29 is 28.7 Å². The van der Waals surface area contributed by atoms with Crippen LogP contribution in [0, 0.1) is 5.82 Å². The lowest BCUT2D eigenvalue weighted by molar-refractivity contribution is -0.132. The first-order valence-corrected chi connectivity index (χ1v) is 13.2. The molecule has 3 aromatic rings. The van der Waals surface area contributed by atoms with Gasteiger partial charge in [-0.15, -0.1) is 5.10 Å². The molecule has 1 saturated heterocycles. The number of carboxylic acids is 1. The molecule has 1 unspecified atom stereocenters. The summed E-state index contributed by atoms with van der Waals surface area (Å²) in [5.74, 6) is -3.36. The van der Waals surface area contributed by atoms with E-state index in [-0.39, 0.29) is 40.6 Å². The second-order valence-electron chi connectivity index (χ2n) is 9.29. The average Bonchev–Trinajstić information content (AvgIpc) is 3.51. The second-order valence-corrected chi connectivity index (χ2v) is 9.70. The van der Waals surface area contributed by atoms with Crippen LogP contribution in [0.5, 0.6) is 0 Å². The van der Waals surface area contributed by atoms with Crippen molar-refractivity contribution in [2.75, 3.05) is 18.4 Å². The number of aromatic carboxylic acids is 1. The summed E-state index contributed by atoms with van der Waals surface area (Å²) in [7, 11) is 0. The molecule has 0 spiro atoms. The molecule has 4 rings (SSSR count). The van der Waals surface area contributed by atoms with Crippen molar-refractivity contribution in [2.45, 2.75) is 38.1 Å². The number of nitrogens with zero attached hydrogens (tertiary/aromatic N) is 5. The zero-order valence-corrected chi connectivity index (χ0v) is 22.6. The Bertz CT molecular complexity index is 1440. The molecular weight excluding hydrogens is 557 g/mol. The number of benzene rings is 2. The molecule has 0 bridgehead atoms. The average molecular weight is 584 g/mol. The number of aromatic nitrogens is 4. The third kappa shape index (κ3) is 7.72. The highest BCUT2D eigenvalue weighted by Gasteiger charge is 2.24. The largest absolute Gasteiger partial charge is 0.478 e. The Hall–Kier alpha value is -4.65. The van der Waals surface area contributed by atoms with E-state index in [0.717, 1.165) is 25.3 Å². The van der Waals surface area contributed by atoms with Gasteiger partial charge in [0.15, 0.2) is 5.82 Å². The fourth-order valence-electron chi connectivity index (χ4n) is 4.33. The van der Waals surface area contributed by atoms with Crippen molar-refractivity contribution in [2.24, 2.45) is 0 Å². The van der Waals surface area contributed by atoms with Crippen LogP contribution >= 0.6 is 11.6 Å². The summed E-state index contributed by atoms with van der Waals surface area (Å²) in [6, 6.07) is 7.18. The lowest BCUT2D eigenvalue weighted by Crippen LogP contribution is -2.44. The Kier molecular flexibility index (Phi) is 9.74. The Morgan fingerprint density at radius 1 is 1.07 bits per heavy atom. The number of hydrogen-bond donors (Lipinski definition) is 3. The monoisotopic (exact) mass is 583 g/mol. The number of anilines is 1. The van der Waals surface area contributed by atoms with Crippen molar-refractivity contribution in [3.05, 3.63) is 70.8 Å². The van der Waals surface area contributed by atoms with E-state index in [9.17, 15) is 23.6 Å². The predicted molar refractivity (Wildman–Crippen MR) is 147 cm³/mol. The number of hydrogen-bond acceptors (Lipinski definition) is 7. The number of tetrazole rings is 1. The number of likely N-dealkylation sites (tertiary alicyclic amines) is 1. The smallest absolute Gasteiger partial charge is 0.335 e. The number of carbonyl (C=O) groups is 4. The van der Waals surface area contributed by atoms with Gasteiger partial charge < -0.3 is 20.6 Å². The molecule has 41 heavy (non-hydrogen) atoms. The van der Waals surface area contributed by atoms with Crippen molar-refractivity contribution in [3.8, 4) is 5.69 Å². The summed E-state index contributed by atoms with van der Waals surface area (Å²) in [5, 5.41) is 24.9. The van der Waals surface area contributed by atoms with Crippen LogP contribution in [0.15, 0.2) is 48.8 Å². The summed E-state index contributed by atoms with van der Waals surface area (Å²) >= 11 is 5.94. The molecule has 214 valence electrons. The lowest BCUT2D eigenvalue weighted by atomic mass is 10.1. The zero-order chi connectivity index (χ0) is 29.4. The molecule has 1 aliphatic heterocycles. The first-order valence-electron chi connectivity index (χ1n) is 12.8. The maximum absolute atomic E-state index is 14.9. The van der Waals surface area contributed by atoms with Gasteiger partial charge in [-0.05, 0) is 78.6 Å². The van der Waals surface area contributed by atoms with E-state index in [2.05, 4.69) is 26.2 Å². The standard InChI is InChI=1S/C27H27ClFN7O5/c28-20-9-11-22(36-16-30-33-34-36)19(25(20)29)8-12-23(37)32-21(10-13-24(38)35-14-2-1-3-15-35)26(39)31-18-6-4-17(5-7-18)27(40)41/h4-9,11-12,16,21H,1-3,10,13-15H2,(H,31,39)(H,32,37)(H,40,41)/b12-8+. The van der Waals surface area contributed by atoms with Gasteiger partial charge in [-0.2, -0.15) is 4.68 Å². The SMILES string of the molecule is O=C(/C=C/c1c(-n2cnnn2)ccc(Cl)c1F)NC(CCC(=O)N1CCCCC1)C(=O)Nc1ccc(C(=O)O)cc1. The Balaban J connectivity index is 1.50. The quantitative estimate of drug-likeness (QED) is 0.307. The van der Waals surface area contributed by atoms with Crippen LogP contribution in [0.1, 0.15) is 48.0 Å². The van der Waals surface area contributed by atoms with Crippen LogP contribution in [-0.2, 0) is 14.4 Å². The maximum atomic E-state index is 14.9. The van der Waals surface area contributed by atoms with Crippen molar-refractivity contribution >= 4 is 47.1 Å². The molecule has 3 amide bonds. The molecule has 2 heterocycles. The van der Waals surface area contributed by atoms with E-state index < -0.39 is 29.6 Å². The Morgan fingerprint density at radius 2 is 1.80 bits per heavy atom. The summed E-state index contributed by atoms with van der Waals surface area (Å²) < 4.78 is 16.1. The molecule has 1 aliphatic rings. The van der Waals surface area contributed by atoms with E-state index in [4.69, 9.17) is 16.7 Å². The first kappa shape index (κ1) is 29.3. The molecule has 12 nitrogen and oxygen atoms in total. The third-order valence-corrected chi connectivity index (χ3v) is 6.79. The van der Waals surface area contributed by atoms with E-state index in [1.807, 2.05) is 0 Å². The number of halogens is 2. The molecule has 0 radical (unpaired) electrons. The number of carboxylic acid groups (broad SMARTS) is 1. The van der Waals surface area contributed by atoms with E-state index in [1.165, 1.54) is 53.5 Å². The molecule has 0 aliphatic carbocycles. The summed E-state index contributed by atoms with van der Waals surface area (Å²) in [6.07, 6.45) is 6.39. The molecular formula is C27H27ClFN7O5. The van der Waals surface area contributed by atoms with Crippen LogP contribution in [0.3, 0.4) is 0 Å². The summed E-state index contributed by atoms with van der Waals surface area (Å²) in [4.78, 5) is 51.6. The van der Waals surface area contributed by atoms with E-state index in [0.29, 0.717) is 18.8 Å². The molecule has 1 aromatic heterocycles. The summed E-state index contributed by atoms with van der Waals surface area (Å²) in [6.45, 7) is 1.30. The van der Waals surface area contributed by atoms with Crippen LogP contribution in [-0.4, -0.2) is 73.0 Å². The minimum atomic E-state index is -1.12. The molecule has 1 fully saturated rings. The van der Waals surface area contributed by atoms with Crippen LogP contribution in [0.2, 0.25) is 5.02 Å². The topological polar surface area (TPSA) is 159 Å². The highest BCUT2D eigenvalue weighted by Crippen LogP contribution is 2.25. The molecule has 0 saturated carbocycles. The van der Waals surface area contributed by atoms with Gasteiger partial charge in [0.05, 0.1) is 16.3 Å². The van der Waals surface area contributed by atoms with Gasteiger partial charge in [0.25, 0.3) is 0 Å². The van der Waals surface area contributed by atoms with Crippen molar-refractivity contribution in [1.29, 1.82) is 0 Å². The van der Waals surface area contributed by atoms with Gasteiger partial charge in [0.1, 0.15) is 12.4 Å². The van der Waals surface area contributed by atoms with Gasteiger partial charge in [0.2, 0.25) is 17.7 Å². The van der Waals surface area contributed by atoms with E-state index >= 15 is 0 Å². The molecule has 1 atom stereocenters. The molecule has 14 heteroatoms. The second kappa shape index (κ2) is 13.6. The van der Waals surface area contributed by atoms with Gasteiger partial charge in [-0.1, -0.05) is 11.6 Å². The van der Waals surface area contributed by atoms with Crippen LogP contribution < -0.4 is 10.6 Å². The fraction of sp³-hybridized carbons (Fsp3) is 0.296. The zero-order valence-electron chi connectivity index (χ0n) is 21.8. The minimum Gasteiger partial charge on any atom is -0.478 e. The normalized spacial score (nSPS) is 14.0. The van der Waals surface area contributed by atoms with Crippen molar-refractivity contribution in [3.63, 3.8) is 0 Å². The molecule has 3 N–H and O–H groups in total. The summed E-state index contributed by atoms with van der Waals surface area (Å²) in [5.41, 5.74) is 0.524. The Labute approximate surface area is 239 Å².